The highest BCUT2D eigenvalue weighted by atomic mass is 16.5. The van der Waals surface area contributed by atoms with Gasteiger partial charge in [-0.25, -0.2) is 14.8 Å². The Morgan fingerprint density at radius 1 is 1.15 bits per heavy atom. The van der Waals surface area contributed by atoms with E-state index >= 15 is 0 Å². The second-order valence-corrected chi connectivity index (χ2v) is 6.40. The Morgan fingerprint density at radius 3 is 2.54 bits per heavy atom. The maximum Gasteiger partial charge on any atom is 0.338 e. The number of carbonyl (C=O) groups excluding carboxylic acids is 2. The molecule has 1 aromatic heterocycles. The maximum atomic E-state index is 12.4. The van der Waals surface area contributed by atoms with Gasteiger partial charge in [0.1, 0.15) is 0 Å². The number of ether oxygens (including phenoxy) is 1. The summed E-state index contributed by atoms with van der Waals surface area (Å²) in [6, 6.07) is 5.04. The first kappa shape index (κ1) is 18.0. The van der Waals surface area contributed by atoms with Crippen LogP contribution in [-0.4, -0.2) is 39.9 Å². The van der Waals surface area contributed by atoms with Gasteiger partial charge in [0.25, 0.3) is 5.91 Å². The Hall–Kier alpha value is -2.76. The summed E-state index contributed by atoms with van der Waals surface area (Å²) in [6.07, 6.45) is 5.04. The second kappa shape index (κ2) is 7.64. The molecule has 0 atom stereocenters. The molecule has 136 valence electrons. The number of nitrogens with zero attached hydrogens (tertiary/aromatic N) is 3. The Labute approximate surface area is 152 Å². The van der Waals surface area contributed by atoms with Crippen molar-refractivity contribution >= 4 is 22.9 Å². The van der Waals surface area contributed by atoms with Gasteiger partial charge < -0.3 is 9.64 Å². The van der Waals surface area contributed by atoms with Crippen molar-refractivity contribution in [3.8, 4) is 0 Å². The minimum absolute atomic E-state index is 0.193. The van der Waals surface area contributed by atoms with Crippen LogP contribution < -0.4 is 0 Å². The van der Waals surface area contributed by atoms with Crippen LogP contribution in [-0.2, 0) is 9.53 Å². The molecule has 0 saturated carbocycles. The predicted octanol–water partition coefficient (Wildman–Crippen LogP) is 3.32. The van der Waals surface area contributed by atoms with Gasteiger partial charge >= 0.3 is 5.97 Å². The Balaban J connectivity index is 1.68. The fourth-order valence-corrected chi connectivity index (χ4v) is 3.08. The average molecular weight is 353 g/mol. The zero-order chi connectivity index (χ0) is 18.7. The van der Waals surface area contributed by atoms with Crippen LogP contribution >= 0.6 is 0 Å². The normalized spacial score (nSPS) is 13.6. The number of fused-ring (bicyclic) bond motifs is 1. The van der Waals surface area contributed by atoms with E-state index in [9.17, 15) is 9.59 Å². The van der Waals surface area contributed by atoms with Gasteiger partial charge in [-0.05, 0) is 58.2 Å². The molecule has 0 saturated heterocycles. The Kier molecular flexibility index (Phi) is 5.30. The largest absolute Gasteiger partial charge is 0.452 e. The van der Waals surface area contributed by atoms with E-state index in [0.29, 0.717) is 17.6 Å². The van der Waals surface area contributed by atoms with E-state index in [4.69, 9.17) is 4.74 Å². The highest BCUT2D eigenvalue weighted by molar-refractivity contribution is 5.94. The smallest absolute Gasteiger partial charge is 0.338 e. The SMILES string of the molecule is CCN(C(=O)COC(=O)c1ccc2nc(C)c(C)nc2c1)C1=CCCC1. The molecule has 1 aliphatic carbocycles. The second-order valence-electron chi connectivity index (χ2n) is 6.40. The highest BCUT2D eigenvalue weighted by Gasteiger charge is 2.20. The van der Waals surface area contributed by atoms with E-state index in [0.717, 1.165) is 41.9 Å². The van der Waals surface area contributed by atoms with Gasteiger partial charge in [-0.15, -0.1) is 0 Å². The lowest BCUT2D eigenvalue weighted by Crippen LogP contribution is -2.33. The molecule has 1 aliphatic rings. The van der Waals surface area contributed by atoms with E-state index in [2.05, 4.69) is 16.0 Å². The molecule has 0 bridgehead atoms. The molecule has 6 heteroatoms. The lowest BCUT2D eigenvalue weighted by atomic mass is 10.2. The molecule has 26 heavy (non-hydrogen) atoms. The van der Waals surface area contributed by atoms with Gasteiger partial charge in [0.05, 0.1) is 28.0 Å². The van der Waals surface area contributed by atoms with Gasteiger partial charge in [0.2, 0.25) is 0 Å². The van der Waals surface area contributed by atoms with Crippen LogP contribution in [0.2, 0.25) is 0 Å². The quantitative estimate of drug-likeness (QED) is 0.771. The molecule has 2 aromatic rings. The molecule has 0 spiro atoms. The number of likely N-dealkylation sites (N-methyl/N-ethyl adjacent to an activating group) is 1. The summed E-state index contributed by atoms with van der Waals surface area (Å²) in [5.41, 5.74) is 4.44. The van der Waals surface area contributed by atoms with Crippen LogP contribution in [0.25, 0.3) is 11.0 Å². The molecular weight excluding hydrogens is 330 g/mol. The number of benzene rings is 1. The number of amides is 1. The average Bonchev–Trinajstić information content (AvgIpc) is 3.15. The van der Waals surface area contributed by atoms with Crippen molar-refractivity contribution in [1.29, 1.82) is 0 Å². The van der Waals surface area contributed by atoms with Crippen molar-refractivity contribution in [2.24, 2.45) is 0 Å². The first-order chi connectivity index (χ1) is 12.5. The zero-order valence-corrected chi connectivity index (χ0v) is 15.4. The fourth-order valence-electron chi connectivity index (χ4n) is 3.08. The third kappa shape index (κ3) is 3.74. The minimum Gasteiger partial charge on any atom is -0.452 e. The van der Waals surface area contributed by atoms with Gasteiger partial charge in [-0.2, -0.15) is 0 Å². The molecule has 0 fully saturated rings. The number of carbonyl (C=O) groups is 2. The van der Waals surface area contributed by atoms with E-state index in [1.807, 2.05) is 20.8 Å². The van der Waals surface area contributed by atoms with Crippen LogP contribution in [0, 0.1) is 13.8 Å². The highest BCUT2D eigenvalue weighted by Crippen LogP contribution is 2.21. The van der Waals surface area contributed by atoms with Crippen LogP contribution in [0.4, 0.5) is 0 Å². The number of hydrogen-bond acceptors (Lipinski definition) is 5. The van der Waals surface area contributed by atoms with Gasteiger partial charge in [-0.1, -0.05) is 6.08 Å². The maximum absolute atomic E-state index is 12.4. The first-order valence-corrected chi connectivity index (χ1v) is 8.91. The molecule has 0 N–H and O–H groups in total. The molecule has 0 aliphatic heterocycles. The van der Waals surface area contributed by atoms with E-state index < -0.39 is 5.97 Å². The summed E-state index contributed by atoms with van der Waals surface area (Å²) in [4.78, 5) is 35.3. The molecule has 1 heterocycles. The van der Waals surface area contributed by atoms with Crippen molar-refractivity contribution in [3.63, 3.8) is 0 Å². The van der Waals surface area contributed by atoms with E-state index in [-0.39, 0.29) is 12.5 Å². The number of esters is 1. The van der Waals surface area contributed by atoms with E-state index in [1.54, 1.807) is 23.1 Å². The predicted molar refractivity (Wildman–Crippen MR) is 98.6 cm³/mol. The number of hydrogen-bond donors (Lipinski definition) is 0. The number of rotatable bonds is 5. The van der Waals surface area contributed by atoms with Gasteiger partial charge in [0, 0.05) is 12.2 Å². The summed E-state index contributed by atoms with van der Waals surface area (Å²) in [6.45, 7) is 6.01. The number of aromatic nitrogens is 2. The third-order valence-electron chi connectivity index (χ3n) is 4.62. The van der Waals surface area contributed by atoms with Crippen molar-refractivity contribution in [2.45, 2.75) is 40.0 Å². The van der Waals surface area contributed by atoms with Crippen LogP contribution in [0.15, 0.2) is 30.0 Å². The van der Waals surface area contributed by atoms with Crippen LogP contribution in [0.5, 0.6) is 0 Å². The lowest BCUT2D eigenvalue weighted by molar-refractivity contribution is -0.132. The Morgan fingerprint density at radius 2 is 1.88 bits per heavy atom. The summed E-state index contributed by atoms with van der Waals surface area (Å²) >= 11 is 0. The molecule has 1 amide bonds. The standard InChI is InChI=1S/C20H23N3O3/c1-4-23(16-7-5-6-8-16)19(24)12-26-20(25)15-9-10-17-18(11-15)22-14(3)13(2)21-17/h7,9-11H,4-6,8,12H2,1-3H3. The monoisotopic (exact) mass is 353 g/mol. The zero-order valence-electron chi connectivity index (χ0n) is 15.4. The number of aryl methyl sites for hydroxylation is 2. The molecule has 0 unspecified atom stereocenters. The van der Waals surface area contributed by atoms with Crippen molar-refractivity contribution in [3.05, 3.63) is 46.9 Å². The molecule has 1 aromatic carbocycles. The fraction of sp³-hybridized carbons (Fsp3) is 0.400. The molecule has 3 rings (SSSR count). The molecule has 0 radical (unpaired) electrons. The minimum atomic E-state index is -0.531. The molecular formula is C20H23N3O3. The third-order valence-corrected chi connectivity index (χ3v) is 4.62. The summed E-state index contributed by atoms with van der Waals surface area (Å²) in [5, 5.41) is 0. The van der Waals surface area contributed by atoms with Crippen LogP contribution in [0.3, 0.4) is 0 Å². The van der Waals surface area contributed by atoms with Gasteiger partial charge in [0.15, 0.2) is 6.61 Å². The number of allylic oxidation sites excluding steroid dienone is 2. The molecule has 6 nitrogen and oxygen atoms in total. The Bertz CT molecular complexity index is 889. The van der Waals surface area contributed by atoms with E-state index in [1.165, 1.54) is 0 Å². The summed E-state index contributed by atoms with van der Waals surface area (Å²) < 4.78 is 5.23. The lowest BCUT2D eigenvalue weighted by Gasteiger charge is -2.22. The topological polar surface area (TPSA) is 72.4 Å². The van der Waals surface area contributed by atoms with Crippen molar-refractivity contribution in [2.75, 3.05) is 13.2 Å². The summed E-state index contributed by atoms with van der Waals surface area (Å²) in [5.74, 6) is -0.724. The van der Waals surface area contributed by atoms with Crippen molar-refractivity contribution < 1.29 is 14.3 Å². The first-order valence-electron chi connectivity index (χ1n) is 8.91. The van der Waals surface area contributed by atoms with Crippen molar-refractivity contribution in [1.82, 2.24) is 14.9 Å². The summed E-state index contributed by atoms with van der Waals surface area (Å²) in [7, 11) is 0. The van der Waals surface area contributed by atoms with Crippen LogP contribution in [0.1, 0.15) is 47.9 Å². The van der Waals surface area contributed by atoms with Gasteiger partial charge in [-0.3, -0.25) is 4.79 Å².